The summed E-state index contributed by atoms with van der Waals surface area (Å²) in [6.07, 6.45) is 2.34. The number of carbonyl (C=O) groups excluding carboxylic acids is 1. The molecule has 1 amide bonds. The number of amides is 1. The zero-order valence-electron chi connectivity index (χ0n) is 13.7. The molecule has 0 aliphatic carbocycles. The summed E-state index contributed by atoms with van der Waals surface area (Å²) in [6, 6.07) is 8.94. The van der Waals surface area contributed by atoms with Crippen LogP contribution in [0, 0.1) is 0 Å². The van der Waals surface area contributed by atoms with Crippen LogP contribution in [0.4, 0.5) is 0 Å². The highest BCUT2D eigenvalue weighted by Gasteiger charge is 2.27. The number of H-pyrrole nitrogens is 1. The number of piperidine rings is 1. The number of carboxylic acids is 1. The van der Waals surface area contributed by atoms with Gasteiger partial charge in [-0.2, -0.15) is 5.10 Å². The Hall–Kier alpha value is -2.63. The number of carboxylic acid groups (broad SMARTS) is 1. The van der Waals surface area contributed by atoms with E-state index in [0.29, 0.717) is 24.3 Å². The maximum Gasteiger partial charge on any atom is 0.335 e. The Morgan fingerprint density at radius 3 is 2.62 bits per heavy atom. The summed E-state index contributed by atoms with van der Waals surface area (Å²) in [7, 11) is 0. The van der Waals surface area contributed by atoms with Crippen molar-refractivity contribution in [3.05, 3.63) is 52.8 Å². The molecule has 2 heterocycles. The highest BCUT2D eigenvalue weighted by molar-refractivity contribution is 5.92. The van der Waals surface area contributed by atoms with Crippen molar-refractivity contribution in [1.29, 1.82) is 0 Å². The van der Waals surface area contributed by atoms with Crippen molar-refractivity contribution in [3.8, 4) is 0 Å². The molecule has 0 bridgehead atoms. The molecule has 3 rings (SSSR count). The van der Waals surface area contributed by atoms with Gasteiger partial charge in [0.05, 0.1) is 5.56 Å². The SMILES string of the molecule is CCc1cc(C(=O)N2CCC(c3ccccc3C(=O)O)CC2)n[nH]1. The van der Waals surface area contributed by atoms with Gasteiger partial charge < -0.3 is 10.0 Å². The van der Waals surface area contributed by atoms with Gasteiger partial charge in [0.2, 0.25) is 0 Å². The Balaban J connectivity index is 1.68. The van der Waals surface area contributed by atoms with E-state index in [1.165, 1.54) is 0 Å². The van der Waals surface area contributed by atoms with E-state index in [4.69, 9.17) is 0 Å². The maximum absolute atomic E-state index is 12.5. The summed E-state index contributed by atoms with van der Waals surface area (Å²) < 4.78 is 0. The van der Waals surface area contributed by atoms with Crippen molar-refractivity contribution >= 4 is 11.9 Å². The number of aryl methyl sites for hydroxylation is 1. The van der Waals surface area contributed by atoms with Gasteiger partial charge in [-0.25, -0.2) is 4.79 Å². The third-order valence-corrected chi connectivity index (χ3v) is 4.64. The van der Waals surface area contributed by atoms with Crippen molar-refractivity contribution in [2.45, 2.75) is 32.1 Å². The number of aromatic nitrogens is 2. The fraction of sp³-hybridized carbons (Fsp3) is 0.389. The predicted molar refractivity (Wildman–Crippen MR) is 89.2 cm³/mol. The van der Waals surface area contributed by atoms with E-state index in [0.717, 1.165) is 30.5 Å². The second-order valence-electron chi connectivity index (χ2n) is 6.09. The van der Waals surface area contributed by atoms with Crippen LogP contribution in [0.2, 0.25) is 0 Å². The number of carbonyl (C=O) groups is 2. The van der Waals surface area contributed by atoms with Crippen LogP contribution in [0.25, 0.3) is 0 Å². The van der Waals surface area contributed by atoms with Gasteiger partial charge in [0.1, 0.15) is 5.69 Å². The first-order chi connectivity index (χ1) is 11.6. The van der Waals surface area contributed by atoms with Gasteiger partial charge in [-0.15, -0.1) is 0 Å². The van der Waals surface area contributed by atoms with E-state index in [1.54, 1.807) is 23.1 Å². The highest BCUT2D eigenvalue weighted by Crippen LogP contribution is 2.30. The Labute approximate surface area is 140 Å². The lowest BCUT2D eigenvalue weighted by Crippen LogP contribution is -2.38. The van der Waals surface area contributed by atoms with Crippen LogP contribution in [0.3, 0.4) is 0 Å². The first-order valence-corrected chi connectivity index (χ1v) is 8.26. The van der Waals surface area contributed by atoms with Gasteiger partial charge in [0.25, 0.3) is 5.91 Å². The van der Waals surface area contributed by atoms with E-state index in [9.17, 15) is 14.7 Å². The first kappa shape index (κ1) is 16.2. The molecule has 0 atom stereocenters. The van der Waals surface area contributed by atoms with Gasteiger partial charge in [0.15, 0.2) is 0 Å². The van der Waals surface area contributed by atoms with E-state index in [2.05, 4.69) is 10.2 Å². The number of nitrogens with one attached hydrogen (secondary N) is 1. The average molecular weight is 327 g/mol. The molecule has 1 aromatic heterocycles. The summed E-state index contributed by atoms with van der Waals surface area (Å²) in [5, 5.41) is 16.3. The Morgan fingerprint density at radius 2 is 2.00 bits per heavy atom. The number of hydrogen-bond acceptors (Lipinski definition) is 3. The summed E-state index contributed by atoms with van der Waals surface area (Å²) in [4.78, 5) is 25.7. The van der Waals surface area contributed by atoms with Crippen LogP contribution in [0.15, 0.2) is 30.3 Å². The van der Waals surface area contributed by atoms with Gasteiger partial charge >= 0.3 is 5.97 Å². The van der Waals surface area contributed by atoms with Crippen LogP contribution in [0.1, 0.15) is 57.8 Å². The van der Waals surface area contributed by atoms with E-state index in [1.807, 2.05) is 19.1 Å². The summed E-state index contributed by atoms with van der Waals surface area (Å²) in [5.74, 6) is -0.782. The average Bonchev–Trinajstić information content (AvgIpc) is 3.10. The minimum Gasteiger partial charge on any atom is -0.478 e. The summed E-state index contributed by atoms with van der Waals surface area (Å²) in [5.41, 5.74) is 2.63. The van der Waals surface area contributed by atoms with Gasteiger partial charge in [-0.05, 0) is 42.9 Å². The molecular formula is C18H21N3O3. The fourth-order valence-corrected chi connectivity index (χ4v) is 3.26. The summed E-state index contributed by atoms with van der Waals surface area (Å²) >= 11 is 0. The quantitative estimate of drug-likeness (QED) is 0.904. The maximum atomic E-state index is 12.5. The molecule has 0 unspecified atom stereocenters. The van der Waals surface area contributed by atoms with Crippen LogP contribution >= 0.6 is 0 Å². The standard InChI is InChI=1S/C18H21N3O3/c1-2-13-11-16(20-19-13)17(22)21-9-7-12(8-10-21)14-5-3-4-6-15(14)18(23)24/h3-6,11-12H,2,7-10H2,1H3,(H,19,20)(H,23,24). The minimum atomic E-state index is -0.896. The molecule has 126 valence electrons. The molecule has 2 aromatic rings. The number of aromatic carboxylic acids is 1. The minimum absolute atomic E-state index is 0.0593. The number of aromatic amines is 1. The van der Waals surface area contributed by atoms with Gasteiger partial charge in [0, 0.05) is 18.8 Å². The monoisotopic (exact) mass is 327 g/mol. The number of rotatable bonds is 4. The zero-order valence-corrected chi connectivity index (χ0v) is 13.7. The zero-order chi connectivity index (χ0) is 17.1. The van der Waals surface area contributed by atoms with Gasteiger partial charge in [-0.1, -0.05) is 25.1 Å². The molecule has 1 aliphatic rings. The van der Waals surface area contributed by atoms with Crippen molar-refractivity contribution in [1.82, 2.24) is 15.1 Å². The van der Waals surface area contributed by atoms with E-state index in [-0.39, 0.29) is 11.8 Å². The van der Waals surface area contributed by atoms with Crippen molar-refractivity contribution < 1.29 is 14.7 Å². The second kappa shape index (κ2) is 6.86. The smallest absolute Gasteiger partial charge is 0.335 e. The summed E-state index contributed by atoms with van der Waals surface area (Å²) in [6.45, 7) is 3.24. The molecule has 0 spiro atoms. The molecule has 6 heteroatoms. The molecule has 1 fully saturated rings. The Bertz CT molecular complexity index is 745. The molecule has 1 aliphatic heterocycles. The van der Waals surface area contributed by atoms with E-state index < -0.39 is 5.97 Å². The van der Waals surface area contributed by atoms with Crippen LogP contribution < -0.4 is 0 Å². The highest BCUT2D eigenvalue weighted by atomic mass is 16.4. The number of likely N-dealkylation sites (tertiary alicyclic amines) is 1. The number of hydrogen-bond donors (Lipinski definition) is 2. The number of nitrogens with zero attached hydrogens (tertiary/aromatic N) is 2. The molecule has 6 nitrogen and oxygen atoms in total. The lowest BCUT2D eigenvalue weighted by molar-refractivity contribution is 0.0678. The molecule has 0 saturated carbocycles. The molecule has 24 heavy (non-hydrogen) atoms. The Morgan fingerprint density at radius 1 is 1.29 bits per heavy atom. The Kier molecular flexibility index (Phi) is 4.64. The third kappa shape index (κ3) is 3.18. The van der Waals surface area contributed by atoms with Crippen molar-refractivity contribution in [2.24, 2.45) is 0 Å². The number of benzene rings is 1. The van der Waals surface area contributed by atoms with E-state index >= 15 is 0 Å². The lowest BCUT2D eigenvalue weighted by Gasteiger charge is -2.32. The first-order valence-electron chi connectivity index (χ1n) is 8.26. The van der Waals surface area contributed by atoms with Crippen LogP contribution in [-0.4, -0.2) is 45.2 Å². The fourth-order valence-electron chi connectivity index (χ4n) is 3.26. The molecule has 0 radical (unpaired) electrons. The molecular weight excluding hydrogens is 306 g/mol. The molecule has 2 N–H and O–H groups in total. The van der Waals surface area contributed by atoms with Crippen molar-refractivity contribution in [3.63, 3.8) is 0 Å². The predicted octanol–water partition coefficient (Wildman–Crippen LogP) is 2.69. The van der Waals surface area contributed by atoms with Crippen molar-refractivity contribution in [2.75, 3.05) is 13.1 Å². The largest absolute Gasteiger partial charge is 0.478 e. The third-order valence-electron chi connectivity index (χ3n) is 4.64. The topological polar surface area (TPSA) is 86.3 Å². The lowest BCUT2D eigenvalue weighted by atomic mass is 9.86. The van der Waals surface area contributed by atoms with Crippen LogP contribution in [-0.2, 0) is 6.42 Å². The normalized spacial score (nSPS) is 15.5. The molecule has 1 saturated heterocycles. The van der Waals surface area contributed by atoms with Crippen LogP contribution in [0.5, 0.6) is 0 Å². The second-order valence-corrected chi connectivity index (χ2v) is 6.09. The molecule has 1 aromatic carbocycles. The van der Waals surface area contributed by atoms with Gasteiger partial charge in [-0.3, -0.25) is 9.89 Å².